The second-order valence-corrected chi connectivity index (χ2v) is 11.9. The molecule has 6 heteroatoms. The van der Waals surface area contributed by atoms with Gasteiger partial charge in [-0.2, -0.15) is 17.2 Å². The van der Waals surface area contributed by atoms with Gasteiger partial charge in [-0.25, -0.2) is 4.98 Å². The third kappa shape index (κ3) is 6.42. The summed E-state index contributed by atoms with van der Waals surface area (Å²) in [6, 6.07) is 38.6. The van der Waals surface area contributed by atoms with Gasteiger partial charge in [-0.1, -0.05) is 74.7 Å². The number of unbranched alkanes of at least 4 members (excludes halogenated alkanes) is 2. The second-order valence-electron chi connectivity index (χ2n) is 11.9. The van der Waals surface area contributed by atoms with Crippen molar-refractivity contribution < 1.29 is 25.8 Å². The van der Waals surface area contributed by atoms with Gasteiger partial charge in [0, 0.05) is 34.5 Å². The summed E-state index contributed by atoms with van der Waals surface area (Å²) >= 11 is 0. The monoisotopic (exact) mass is 797 g/mol. The minimum absolute atomic E-state index is 0. The molecule has 0 aliphatic carbocycles. The smallest absolute Gasteiger partial charge is 0.509 e. The zero-order valence-corrected chi connectivity index (χ0v) is 29.6. The van der Waals surface area contributed by atoms with Gasteiger partial charge in [0.15, 0.2) is 0 Å². The molecule has 0 atom stereocenters. The fraction of sp³-hybridized carbons (Fsp3) is 0.220. The number of pyridine rings is 1. The minimum Gasteiger partial charge on any atom is -0.509 e. The van der Waals surface area contributed by atoms with Gasteiger partial charge in [0.2, 0.25) is 0 Å². The molecular weight excluding hydrogens is 760 g/mol. The number of benzene rings is 4. The summed E-state index contributed by atoms with van der Waals surface area (Å²) in [4.78, 5) is 4.84. The Morgan fingerprint density at radius 1 is 0.766 bits per heavy atom. The summed E-state index contributed by atoms with van der Waals surface area (Å²) in [5.41, 5.74) is 9.83. The van der Waals surface area contributed by atoms with Crippen molar-refractivity contribution in [2.45, 2.75) is 59.8 Å². The van der Waals surface area contributed by atoms with Gasteiger partial charge in [-0.05, 0) is 79.1 Å². The molecule has 7 rings (SSSR count). The summed E-state index contributed by atoms with van der Waals surface area (Å²) in [5.74, 6) is 2.13. The SMILES string of the molecule is CCCCCc1ccnc(-n2c3[c-]c(Oc4[c-]c(-n5nc(C)c(-c6ccccc6)c5C)ccc4)ccc3c3cc(CC)ccc32)c1.[Pt+2]. The van der Waals surface area contributed by atoms with Crippen LogP contribution in [0.5, 0.6) is 11.5 Å². The van der Waals surface area contributed by atoms with Crippen molar-refractivity contribution in [3.63, 3.8) is 0 Å². The number of fused-ring (bicyclic) bond motifs is 3. The molecule has 3 aromatic heterocycles. The van der Waals surface area contributed by atoms with Crippen LogP contribution in [-0.2, 0) is 33.9 Å². The Morgan fingerprint density at radius 3 is 2.40 bits per heavy atom. The topological polar surface area (TPSA) is 44.9 Å². The van der Waals surface area contributed by atoms with Gasteiger partial charge in [0.25, 0.3) is 0 Å². The van der Waals surface area contributed by atoms with Gasteiger partial charge in [-0.15, -0.1) is 35.7 Å². The van der Waals surface area contributed by atoms with Crippen molar-refractivity contribution in [3.05, 3.63) is 132 Å². The first-order chi connectivity index (χ1) is 22.5. The van der Waals surface area contributed by atoms with E-state index in [2.05, 4.69) is 105 Å². The van der Waals surface area contributed by atoms with E-state index in [9.17, 15) is 0 Å². The zero-order valence-electron chi connectivity index (χ0n) is 27.3. The van der Waals surface area contributed by atoms with Crippen LogP contribution in [-0.4, -0.2) is 19.3 Å². The number of ether oxygens (including phenoxy) is 1. The summed E-state index contributed by atoms with van der Waals surface area (Å²) < 4.78 is 10.6. The molecule has 0 radical (unpaired) electrons. The predicted octanol–water partition coefficient (Wildman–Crippen LogP) is 10.3. The zero-order chi connectivity index (χ0) is 31.6. The van der Waals surface area contributed by atoms with E-state index in [1.807, 2.05) is 41.2 Å². The first kappa shape index (κ1) is 32.5. The van der Waals surface area contributed by atoms with E-state index in [1.54, 1.807) is 0 Å². The van der Waals surface area contributed by atoms with Crippen LogP contribution in [0.15, 0.2) is 97.2 Å². The van der Waals surface area contributed by atoms with E-state index in [-0.39, 0.29) is 21.1 Å². The Morgan fingerprint density at radius 2 is 1.60 bits per heavy atom. The largest absolute Gasteiger partial charge is 2.00 e. The molecule has 238 valence electrons. The standard InChI is InChI=1S/C41H38N4O.Pt/c1-5-7-9-13-31-22-23-42-40(25-31)44-38-21-18-30(6-2)24-37(38)36-20-19-35(27-39(36)44)46-34-17-12-16-33(26-34)45-29(4)41(28(3)43-45)32-14-10-8-11-15-32;/h8,10-12,14-25H,5-7,9,13H2,1-4H3;/q-2;+2. The third-order valence-corrected chi connectivity index (χ3v) is 8.78. The maximum atomic E-state index is 6.45. The van der Waals surface area contributed by atoms with Gasteiger partial charge in [0.1, 0.15) is 5.82 Å². The Kier molecular flexibility index (Phi) is 9.75. The van der Waals surface area contributed by atoms with E-state index in [4.69, 9.17) is 14.8 Å². The van der Waals surface area contributed by atoms with Crippen molar-refractivity contribution >= 4 is 21.8 Å². The van der Waals surface area contributed by atoms with Crippen LogP contribution in [0.2, 0.25) is 0 Å². The molecule has 0 saturated carbocycles. The van der Waals surface area contributed by atoms with Crippen LogP contribution in [0.3, 0.4) is 0 Å². The molecule has 5 nitrogen and oxygen atoms in total. The number of aryl methyl sites for hydroxylation is 3. The summed E-state index contributed by atoms with van der Waals surface area (Å²) in [5, 5.41) is 7.20. The Balaban J connectivity index is 0.00000386. The molecule has 0 spiro atoms. The molecule has 0 saturated heterocycles. The van der Waals surface area contributed by atoms with Crippen LogP contribution in [0, 0.1) is 26.0 Å². The van der Waals surface area contributed by atoms with Crippen LogP contribution in [0.1, 0.15) is 55.6 Å². The van der Waals surface area contributed by atoms with Gasteiger partial charge in [0.05, 0.1) is 5.69 Å². The average Bonchev–Trinajstić information content (AvgIpc) is 3.57. The van der Waals surface area contributed by atoms with Crippen LogP contribution in [0.25, 0.3) is 44.4 Å². The van der Waals surface area contributed by atoms with Crippen LogP contribution < -0.4 is 4.74 Å². The quantitative estimate of drug-likeness (QED) is 0.102. The molecule has 7 aromatic rings. The number of aromatic nitrogens is 4. The first-order valence-corrected chi connectivity index (χ1v) is 16.3. The number of nitrogens with zero attached hydrogens (tertiary/aromatic N) is 4. The summed E-state index contributed by atoms with van der Waals surface area (Å²) in [6.45, 7) is 8.58. The summed E-state index contributed by atoms with van der Waals surface area (Å²) in [7, 11) is 0. The Bertz CT molecular complexity index is 2160. The van der Waals surface area contributed by atoms with Crippen molar-refractivity contribution in [1.82, 2.24) is 19.3 Å². The molecule has 47 heavy (non-hydrogen) atoms. The normalized spacial score (nSPS) is 11.2. The van der Waals surface area contributed by atoms with Crippen LogP contribution in [0.4, 0.5) is 0 Å². The van der Waals surface area contributed by atoms with Gasteiger partial charge >= 0.3 is 21.1 Å². The van der Waals surface area contributed by atoms with E-state index in [1.165, 1.54) is 35.8 Å². The average molecular weight is 798 g/mol. The number of hydrogen-bond donors (Lipinski definition) is 0. The second kappa shape index (κ2) is 14.1. The molecule has 0 fully saturated rings. The molecule has 4 aromatic carbocycles. The minimum atomic E-state index is 0. The fourth-order valence-corrected chi connectivity index (χ4v) is 6.44. The third-order valence-electron chi connectivity index (χ3n) is 8.78. The molecule has 0 aliphatic rings. The van der Waals surface area contributed by atoms with E-state index in [0.29, 0.717) is 11.5 Å². The molecule has 0 bridgehead atoms. The first-order valence-electron chi connectivity index (χ1n) is 16.3. The Hall–Kier alpha value is -4.47. The van der Waals surface area contributed by atoms with Crippen LogP contribution >= 0.6 is 0 Å². The van der Waals surface area contributed by atoms with E-state index >= 15 is 0 Å². The van der Waals surface area contributed by atoms with E-state index in [0.717, 1.165) is 63.3 Å². The van der Waals surface area contributed by atoms with Crippen molar-refractivity contribution in [3.8, 4) is 34.1 Å². The van der Waals surface area contributed by atoms with Crippen molar-refractivity contribution in [2.75, 3.05) is 0 Å². The molecule has 0 aliphatic heterocycles. The predicted molar refractivity (Wildman–Crippen MR) is 187 cm³/mol. The Labute approximate surface area is 291 Å². The molecular formula is C41H38N4OPt. The van der Waals surface area contributed by atoms with Gasteiger partial charge in [-0.3, -0.25) is 4.68 Å². The van der Waals surface area contributed by atoms with Crippen molar-refractivity contribution in [2.24, 2.45) is 0 Å². The number of rotatable bonds is 10. The fourth-order valence-electron chi connectivity index (χ4n) is 6.44. The molecule has 0 N–H and O–H groups in total. The van der Waals surface area contributed by atoms with E-state index < -0.39 is 0 Å². The maximum absolute atomic E-state index is 6.45. The molecule has 0 amide bonds. The molecule has 0 unspecified atom stereocenters. The maximum Gasteiger partial charge on any atom is 2.00 e. The van der Waals surface area contributed by atoms with Gasteiger partial charge < -0.3 is 9.30 Å². The molecule has 3 heterocycles. The number of hydrogen-bond acceptors (Lipinski definition) is 3. The summed E-state index contributed by atoms with van der Waals surface area (Å²) in [6.07, 6.45) is 7.57. The van der Waals surface area contributed by atoms with Crippen molar-refractivity contribution in [1.29, 1.82) is 0 Å².